The number of hydrogen-bond donors (Lipinski definition) is 1. The van der Waals surface area contributed by atoms with Gasteiger partial charge in [0.05, 0.1) is 12.3 Å². The van der Waals surface area contributed by atoms with Crippen LogP contribution < -0.4 is 0 Å². The molecular weight excluding hydrogens is 314 g/mol. The van der Waals surface area contributed by atoms with Crippen molar-refractivity contribution in [2.24, 2.45) is 0 Å². The van der Waals surface area contributed by atoms with Gasteiger partial charge in [-0.1, -0.05) is 54.1 Å². The molecule has 0 amide bonds. The quantitative estimate of drug-likeness (QED) is 0.428. The molecule has 0 aliphatic carbocycles. The molecule has 0 bridgehead atoms. The molecule has 0 saturated carbocycles. The maximum atomic E-state index is 11.6. The van der Waals surface area contributed by atoms with Gasteiger partial charge in [0.2, 0.25) is 5.76 Å². The van der Waals surface area contributed by atoms with Crippen LogP contribution in [0, 0.1) is 6.92 Å². The molecule has 0 aliphatic rings. The Labute approximate surface area is 146 Å². The number of carbonyl (C=O) groups excluding carboxylic acids is 1. The molecular formula is C21H19NO3. The zero-order valence-corrected chi connectivity index (χ0v) is 14.2. The van der Waals surface area contributed by atoms with Crippen LogP contribution in [0.4, 0.5) is 0 Å². The predicted molar refractivity (Wildman–Crippen MR) is 99.2 cm³/mol. The molecule has 2 aromatic carbocycles. The highest BCUT2D eigenvalue weighted by Gasteiger charge is 2.12. The van der Waals surface area contributed by atoms with E-state index in [4.69, 9.17) is 4.74 Å². The Kier molecular flexibility index (Phi) is 4.80. The minimum absolute atomic E-state index is 0.206. The molecule has 4 heteroatoms. The molecule has 3 rings (SSSR count). The molecule has 0 atom stereocenters. The summed E-state index contributed by atoms with van der Waals surface area (Å²) in [6.45, 7) is 3.94. The van der Waals surface area contributed by atoms with Gasteiger partial charge in [0.15, 0.2) is 0 Å². The van der Waals surface area contributed by atoms with Crippen LogP contribution >= 0.6 is 0 Å². The lowest BCUT2D eigenvalue weighted by Crippen LogP contribution is -2.07. The molecule has 0 saturated heterocycles. The van der Waals surface area contributed by atoms with Crippen molar-refractivity contribution in [2.45, 2.75) is 13.8 Å². The first-order chi connectivity index (χ1) is 12.1. The van der Waals surface area contributed by atoms with Crippen LogP contribution in [0.2, 0.25) is 0 Å². The molecule has 0 fully saturated rings. The Morgan fingerprint density at radius 1 is 1.12 bits per heavy atom. The van der Waals surface area contributed by atoms with Gasteiger partial charge in [0.1, 0.15) is 0 Å². The van der Waals surface area contributed by atoms with Crippen LogP contribution in [-0.2, 0) is 9.53 Å². The first-order valence-corrected chi connectivity index (χ1v) is 8.12. The number of carbonyl (C=O) groups is 1. The number of aromatic nitrogens is 1. The fourth-order valence-electron chi connectivity index (χ4n) is 2.69. The van der Waals surface area contributed by atoms with Crippen molar-refractivity contribution in [1.29, 1.82) is 0 Å². The van der Waals surface area contributed by atoms with Gasteiger partial charge in [0.25, 0.3) is 0 Å². The molecule has 25 heavy (non-hydrogen) atoms. The molecule has 0 aliphatic heterocycles. The number of rotatable bonds is 4. The summed E-state index contributed by atoms with van der Waals surface area (Å²) in [5, 5.41) is 11.8. The number of aryl methyl sites for hydroxylation is 1. The van der Waals surface area contributed by atoms with E-state index in [-0.39, 0.29) is 6.61 Å². The van der Waals surface area contributed by atoms with Gasteiger partial charge in [-0.3, -0.25) is 4.98 Å². The van der Waals surface area contributed by atoms with Crippen molar-refractivity contribution in [2.75, 3.05) is 6.61 Å². The molecule has 126 valence electrons. The third kappa shape index (κ3) is 3.53. The van der Waals surface area contributed by atoms with Crippen molar-refractivity contribution < 1.29 is 14.6 Å². The topological polar surface area (TPSA) is 59.4 Å². The monoisotopic (exact) mass is 333 g/mol. The summed E-state index contributed by atoms with van der Waals surface area (Å²) in [5.41, 5.74) is 3.79. The minimum Gasteiger partial charge on any atom is -0.502 e. The number of ether oxygens (including phenoxy) is 1. The maximum Gasteiger partial charge on any atom is 0.373 e. The summed E-state index contributed by atoms with van der Waals surface area (Å²) in [5.74, 6) is -1.21. The van der Waals surface area contributed by atoms with Gasteiger partial charge < -0.3 is 9.84 Å². The van der Waals surface area contributed by atoms with E-state index in [0.717, 1.165) is 21.9 Å². The van der Waals surface area contributed by atoms with Gasteiger partial charge in [-0.2, -0.15) is 0 Å². The molecule has 3 aromatic rings. The van der Waals surface area contributed by atoms with E-state index in [0.29, 0.717) is 5.69 Å². The van der Waals surface area contributed by atoms with Crippen LogP contribution in [0.3, 0.4) is 0 Å². The predicted octanol–water partition coefficient (Wildman–Crippen LogP) is 4.67. The molecule has 0 radical (unpaired) electrons. The van der Waals surface area contributed by atoms with E-state index >= 15 is 0 Å². The lowest BCUT2D eigenvalue weighted by atomic mass is 9.98. The maximum absolute atomic E-state index is 11.6. The number of nitrogens with zero attached hydrogens (tertiary/aromatic N) is 1. The summed E-state index contributed by atoms with van der Waals surface area (Å²) in [6.07, 6.45) is 3.11. The van der Waals surface area contributed by atoms with E-state index in [2.05, 4.69) is 29.2 Å². The summed E-state index contributed by atoms with van der Waals surface area (Å²) < 4.78 is 4.81. The molecule has 1 heterocycles. The number of aliphatic hydroxyl groups excluding tert-OH is 1. The minimum atomic E-state index is -0.754. The van der Waals surface area contributed by atoms with Crippen LogP contribution in [0.15, 0.2) is 60.5 Å². The number of fused-ring (bicyclic) bond motifs is 1. The Morgan fingerprint density at radius 3 is 2.48 bits per heavy atom. The van der Waals surface area contributed by atoms with Gasteiger partial charge in [-0.05, 0) is 24.8 Å². The third-order valence-corrected chi connectivity index (χ3v) is 3.95. The smallest absolute Gasteiger partial charge is 0.373 e. The molecule has 1 N–H and O–H groups in total. The van der Waals surface area contributed by atoms with Gasteiger partial charge in [0, 0.05) is 23.2 Å². The van der Waals surface area contributed by atoms with Gasteiger partial charge in [-0.15, -0.1) is 0 Å². The van der Waals surface area contributed by atoms with E-state index < -0.39 is 11.7 Å². The average Bonchev–Trinajstić information content (AvgIpc) is 2.63. The highest BCUT2D eigenvalue weighted by Crippen LogP contribution is 2.30. The molecule has 0 unspecified atom stereocenters. The number of esters is 1. The normalized spacial score (nSPS) is 11.5. The van der Waals surface area contributed by atoms with E-state index in [1.54, 1.807) is 13.1 Å². The lowest BCUT2D eigenvalue weighted by molar-refractivity contribution is -0.141. The largest absolute Gasteiger partial charge is 0.502 e. The second-order valence-electron chi connectivity index (χ2n) is 5.72. The van der Waals surface area contributed by atoms with Crippen LogP contribution in [-0.4, -0.2) is 22.7 Å². The summed E-state index contributed by atoms with van der Waals surface area (Å²) in [6, 6.07) is 16.0. The fourth-order valence-corrected chi connectivity index (χ4v) is 2.69. The van der Waals surface area contributed by atoms with Crippen molar-refractivity contribution in [3.05, 3.63) is 71.7 Å². The Bertz CT molecular complexity index is 943. The molecule has 0 spiro atoms. The standard InChI is InChI=1S/C21H19NO3/c1-3-25-21(24)20(23)12-19-17-7-5-4-6-16(17)18(13-22-19)15-10-8-14(2)9-11-15/h4-13,23H,3H2,1-2H3/b20-12-. The van der Waals surface area contributed by atoms with Gasteiger partial charge in [-0.25, -0.2) is 4.79 Å². The zero-order valence-electron chi connectivity index (χ0n) is 14.2. The van der Waals surface area contributed by atoms with Gasteiger partial charge >= 0.3 is 5.97 Å². The first kappa shape index (κ1) is 16.7. The number of aliphatic hydroxyl groups is 1. The van der Waals surface area contributed by atoms with E-state index in [1.165, 1.54) is 11.6 Å². The molecule has 4 nitrogen and oxygen atoms in total. The highest BCUT2D eigenvalue weighted by atomic mass is 16.5. The first-order valence-electron chi connectivity index (χ1n) is 8.12. The van der Waals surface area contributed by atoms with E-state index in [1.807, 2.05) is 31.2 Å². The zero-order chi connectivity index (χ0) is 17.8. The van der Waals surface area contributed by atoms with Crippen molar-refractivity contribution in [3.8, 4) is 11.1 Å². The highest BCUT2D eigenvalue weighted by molar-refractivity contribution is 6.01. The number of hydrogen-bond acceptors (Lipinski definition) is 4. The second kappa shape index (κ2) is 7.18. The summed E-state index contributed by atoms with van der Waals surface area (Å²) >= 11 is 0. The SMILES string of the molecule is CCOC(=O)/C(O)=C/c1ncc(-c2ccc(C)cc2)c2ccccc12. The Hall–Kier alpha value is -3.14. The lowest BCUT2D eigenvalue weighted by Gasteiger charge is -2.09. The number of benzene rings is 2. The summed E-state index contributed by atoms with van der Waals surface area (Å²) in [7, 11) is 0. The molecule has 1 aromatic heterocycles. The summed E-state index contributed by atoms with van der Waals surface area (Å²) in [4.78, 5) is 16.1. The second-order valence-corrected chi connectivity index (χ2v) is 5.72. The van der Waals surface area contributed by atoms with Crippen LogP contribution in [0.25, 0.3) is 28.0 Å². The number of pyridine rings is 1. The van der Waals surface area contributed by atoms with Crippen molar-refractivity contribution >= 4 is 22.8 Å². The Balaban J connectivity index is 2.12. The van der Waals surface area contributed by atoms with Crippen molar-refractivity contribution in [1.82, 2.24) is 4.98 Å². The average molecular weight is 333 g/mol. The Morgan fingerprint density at radius 2 is 1.80 bits per heavy atom. The fraction of sp³-hybridized carbons (Fsp3) is 0.143. The van der Waals surface area contributed by atoms with Crippen LogP contribution in [0.1, 0.15) is 18.2 Å². The van der Waals surface area contributed by atoms with E-state index in [9.17, 15) is 9.90 Å². The van der Waals surface area contributed by atoms with Crippen molar-refractivity contribution in [3.63, 3.8) is 0 Å². The van der Waals surface area contributed by atoms with Crippen LogP contribution in [0.5, 0.6) is 0 Å². The third-order valence-electron chi connectivity index (χ3n) is 3.95.